The van der Waals surface area contributed by atoms with Crippen LogP contribution in [0.15, 0.2) is 12.7 Å². The van der Waals surface area contributed by atoms with Crippen molar-refractivity contribution in [3.8, 4) is 0 Å². The van der Waals surface area contributed by atoms with Gasteiger partial charge in [0.05, 0.1) is 19.6 Å². The Balaban J connectivity index is 3.79. The van der Waals surface area contributed by atoms with E-state index in [1.165, 1.54) is 0 Å². The molecule has 0 bridgehead atoms. The molecule has 6 heteroatoms. The third-order valence-electron chi connectivity index (χ3n) is 3.21. The summed E-state index contributed by atoms with van der Waals surface area (Å²) >= 11 is 0. The van der Waals surface area contributed by atoms with Crippen molar-refractivity contribution in [1.82, 2.24) is 0 Å². The second-order valence-corrected chi connectivity index (χ2v) is 5.02. The summed E-state index contributed by atoms with van der Waals surface area (Å²) in [5, 5.41) is 27.3. The normalized spacial score (nSPS) is 11.5. The van der Waals surface area contributed by atoms with E-state index in [1.807, 2.05) is 6.08 Å². The van der Waals surface area contributed by atoms with E-state index in [-0.39, 0.29) is 37.6 Å². The Morgan fingerprint density at radius 2 is 1.80 bits per heavy atom. The molecule has 6 nitrogen and oxygen atoms in total. The Kier molecular flexibility index (Phi) is 11.3. The third-order valence-corrected chi connectivity index (χ3v) is 3.21. The second-order valence-electron chi connectivity index (χ2n) is 5.02. The Labute approximate surface area is 120 Å². The van der Waals surface area contributed by atoms with E-state index < -0.39 is 5.97 Å². The van der Waals surface area contributed by atoms with E-state index in [1.54, 1.807) is 0 Å². The van der Waals surface area contributed by atoms with Gasteiger partial charge >= 0.3 is 5.97 Å². The lowest BCUT2D eigenvalue weighted by Crippen LogP contribution is -2.52. The third kappa shape index (κ3) is 9.03. The molecule has 0 aromatic rings. The van der Waals surface area contributed by atoms with Gasteiger partial charge in [-0.15, -0.1) is 6.58 Å². The molecular formula is C14H28NO5+. The molecule has 0 aromatic carbocycles. The molecule has 20 heavy (non-hydrogen) atoms. The molecule has 0 aromatic heterocycles. The number of carboxylic acids is 1. The quantitative estimate of drug-likeness (QED) is 0.194. The number of aliphatic hydroxyl groups excluding tert-OH is 2. The fourth-order valence-corrected chi connectivity index (χ4v) is 1.77. The second kappa shape index (κ2) is 11.8. The SMILES string of the molecule is C=CCCCCCCOC[N+](CO)(CO)CCC(=O)O. The summed E-state index contributed by atoms with van der Waals surface area (Å²) < 4.78 is 5.31. The van der Waals surface area contributed by atoms with Crippen LogP contribution in [0.5, 0.6) is 0 Å². The first-order chi connectivity index (χ1) is 9.60. The molecule has 118 valence electrons. The predicted molar refractivity (Wildman–Crippen MR) is 75.7 cm³/mol. The standard InChI is InChI=1S/C14H27NO5/c1-2-3-4-5-6-7-10-20-13-15(11-16,12-17)9-8-14(18)19/h2,16-17H,1,3-13H2/p+1. The summed E-state index contributed by atoms with van der Waals surface area (Å²) in [5.41, 5.74) is 0. The van der Waals surface area contributed by atoms with Crippen LogP contribution in [0.1, 0.15) is 38.5 Å². The van der Waals surface area contributed by atoms with E-state index in [0.29, 0.717) is 6.61 Å². The maximum Gasteiger partial charge on any atom is 0.309 e. The molecule has 0 fully saturated rings. The highest BCUT2D eigenvalue weighted by Crippen LogP contribution is 2.08. The number of aliphatic carboxylic acids is 1. The van der Waals surface area contributed by atoms with Gasteiger partial charge in [0.15, 0.2) is 20.2 Å². The molecule has 0 radical (unpaired) electrons. The zero-order valence-electron chi connectivity index (χ0n) is 12.2. The van der Waals surface area contributed by atoms with Crippen LogP contribution in [-0.2, 0) is 9.53 Å². The average Bonchev–Trinajstić information content (AvgIpc) is 2.45. The summed E-state index contributed by atoms with van der Waals surface area (Å²) in [6.07, 6.45) is 7.10. The van der Waals surface area contributed by atoms with Crippen LogP contribution in [0, 0.1) is 0 Å². The number of hydrogen-bond acceptors (Lipinski definition) is 4. The van der Waals surface area contributed by atoms with Crippen LogP contribution in [0.2, 0.25) is 0 Å². The summed E-state index contributed by atoms with van der Waals surface area (Å²) in [4.78, 5) is 10.6. The van der Waals surface area contributed by atoms with Gasteiger partial charge in [0.1, 0.15) is 0 Å². The Morgan fingerprint density at radius 3 is 2.35 bits per heavy atom. The van der Waals surface area contributed by atoms with Crippen LogP contribution in [-0.4, -0.2) is 59.1 Å². The molecule has 0 amide bonds. The number of aliphatic hydroxyl groups is 2. The van der Waals surface area contributed by atoms with Crippen LogP contribution in [0.3, 0.4) is 0 Å². The lowest BCUT2D eigenvalue weighted by molar-refractivity contribution is -0.976. The number of ether oxygens (including phenoxy) is 1. The Bertz CT molecular complexity index is 266. The molecule has 0 atom stereocenters. The minimum Gasteiger partial charge on any atom is -0.481 e. The number of quaternary nitrogens is 1. The minimum atomic E-state index is -0.948. The highest BCUT2D eigenvalue weighted by molar-refractivity contribution is 5.66. The van der Waals surface area contributed by atoms with Gasteiger partial charge in [-0.05, 0) is 19.3 Å². The molecular weight excluding hydrogens is 262 g/mol. The highest BCUT2D eigenvalue weighted by atomic mass is 16.5. The summed E-state index contributed by atoms with van der Waals surface area (Å²) in [7, 11) is 0. The topological polar surface area (TPSA) is 87.0 Å². The molecule has 0 aliphatic heterocycles. The fraction of sp³-hybridized carbons (Fsp3) is 0.786. The van der Waals surface area contributed by atoms with E-state index in [2.05, 4.69) is 6.58 Å². The molecule has 0 aliphatic rings. The van der Waals surface area contributed by atoms with Crippen molar-refractivity contribution in [3.05, 3.63) is 12.7 Å². The van der Waals surface area contributed by atoms with Gasteiger partial charge in [-0.25, -0.2) is 0 Å². The maximum absolute atomic E-state index is 10.6. The molecule has 3 N–H and O–H groups in total. The number of nitrogens with zero attached hydrogens (tertiary/aromatic N) is 1. The molecule has 0 spiro atoms. The largest absolute Gasteiger partial charge is 0.481 e. The smallest absolute Gasteiger partial charge is 0.309 e. The van der Waals surface area contributed by atoms with Crippen LogP contribution < -0.4 is 0 Å². The van der Waals surface area contributed by atoms with Gasteiger partial charge in [-0.2, -0.15) is 0 Å². The van der Waals surface area contributed by atoms with Crippen molar-refractivity contribution in [2.75, 3.05) is 33.3 Å². The first kappa shape index (κ1) is 19.1. The zero-order valence-corrected chi connectivity index (χ0v) is 12.2. The van der Waals surface area contributed by atoms with Crippen LogP contribution in [0.4, 0.5) is 0 Å². The van der Waals surface area contributed by atoms with Crippen molar-refractivity contribution in [2.45, 2.75) is 38.5 Å². The van der Waals surface area contributed by atoms with Crippen molar-refractivity contribution in [3.63, 3.8) is 0 Å². The van der Waals surface area contributed by atoms with Crippen molar-refractivity contribution in [2.24, 2.45) is 0 Å². The summed E-state index contributed by atoms with van der Waals surface area (Å²) in [6, 6.07) is 0. The number of carboxylic acid groups (broad SMARTS) is 1. The van der Waals surface area contributed by atoms with Crippen LogP contribution in [0.25, 0.3) is 0 Å². The number of hydrogen-bond donors (Lipinski definition) is 3. The highest BCUT2D eigenvalue weighted by Gasteiger charge is 2.26. The van der Waals surface area contributed by atoms with Crippen molar-refractivity contribution in [1.29, 1.82) is 0 Å². The van der Waals surface area contributed by atoms with Crippen molar-refractivity contribution >= 4 is 5.97 Å². The maximum atomic E-state index is 10.6. The van der Waals surface area contributed by atoms with Gasteiger partial charge in [0.2, 0.25) is 0 Å². The predicted octanol–water partition coefficient (Wildman–Crippen LogP) is 1.29. The molecule has 0 saturated carbocycles. The molecule has 0 aliphatic carbocycles. The molecule has 0 rings (SSSR count). The number of unbranched alkanes of at least 4 members (excludes halogenated alkanes) is 4. The van der Waals surface area contributed by atoms with Gasteiger partial charge in [-0.1, -0.05) is 18.9 Å². The number of carbonyl (C=O) groups is 1. The van der Waals surface area contributed by atoms with E-state index in [0.717, 1.165) is 32.1 Å². The van der Waals surface area contributed by atoms with Gasteiger partial charge in [0.25, 0.3) is 0 Å². The first-order valence-corrected chi connectivity index (χ1v) is 7.07. The van der Waals surface area contributed by atoms with E-state index in [9.17, 15) is 15.0 Å². The lowest BCUT2D eigenvalue weighted by Gasteiger charge is -2.33. The van der Waals surface area contributed by atoms with Gasteiger partial charge in [-0.3, -0.25) is 9.28 Å². The zero-order chi connectivity index (χ0) is 15.3. The fourth-order valence-electron chi connectivity index (χ4n) is 1.77. The monoisotopic (exact) mass is 290 g/mol. The number of allylic oxidation sites excluding steroid dienone is 1. The number of rotatable bonds is 14. The van der Waals surface area contributed by atoms with Gasteiger partial charge in [0, 0.05) is 0 Å². The Hall–Kier alpha value is -0.950. The van der Waals surface area contributed by atoms with E-state index in [4.69, 9.17) is 9.84 Å². The molecule has 0 unspecified atom stereocenters. The first-order valence-electron chi connectivity index (χ1n) is 7.07. The van der Waals surface area contributed by atoms with Gasteiger partial charge < -0.3 is 20.1 Å². The minimum absolute atomic E-state index is 0.105. The van der Waals surface area contributed by atoms with Crippen LogP contribution >= 0.6 is 0 Å². The Morgan fingerprint density at radius 1 is 1.15 bits per heavy atom. The van der Waals surface area contributed by atoms with Crippen molar-refractivity contribution < 1.29 is 29.3 Å². The average molecular weight is 290 g/mol. The summed E-state index contributed by atoms with van der Waals surface area (Å²) in [6.45, 7) is 3.85. The lowest BCUT2D eigenvalue weighted by atomic mass is 10.1. The molecule has 0 saturated heterocycles. The molecule has 0 heterocycles. The summed E-state index contributed by atoms with van der Waals surface area (Å²) in [5.74, 6) is -0.948. The van der Waals surface area contributed by atoms with E-state index >= 15 is 0 Å².